The lowest BCUT2D eigenvalue weighted by Crippen LogP contribution is -2.35. The molecule has 142 valence electrons. The summed E-state index contributed by atoms with van der Waals surface area (Å²) in [5.41, 5.74) is 2.82. The topological polar surface area (TPSA) is 67.6 Å². The van der Waals surface area contributed by atoms with Crippen LogP contribution in [0.4, 0.5) is 0 Å². The SMILES string of the molecule is Cc1ccc(CSc2nnc3c(S(=O)(=O)N4CCCCC4)cccn23)cc1. The van der Waals surface area contributed by atoms with Crippen molar-refractivity contribution in [3.63, 3.8) is 0 Å². The Bertz CT molecular complexity index is 1040. The molecule has 1 aromatic carbocycles. The standard InChI is InChI=1S/C19H22N4O2S2/c1-15-7-9-16(10-8-15)14-26-19-21-20-18-17(6-5-13-23(18)19)27(24,25)22-11-3-2-4-12-22/h5-10,13H,2-4,11-12,14H2,1H3. The lowest BCUT2D eigenvalue weighted by molar-refractivity contribution is 0.347. The Morgan fingerprint density at radius 1 is 1.04 bits per heavy atom. The van der Waals surface area contributed by atoms with Crippen LogP contribution in [0.15, 0.2) is 52.6 Å². The van der Waals surface area contributed by atoms with E-state index in [0.717, 1.165) is 25.0 Å². The van der Waals surface area contributed by atoms with Gasteiger partial charge in [-0.05, 0) is 37.5 Å². The molecule has 0 radical (unpaired) electrons. The molecule has 8 heteroatoms. The van der Waals surface area contributed by atoms with Crippen molar-refractivity contribution >= 4 is 27.4 Å². The molecule has 6 nitrogen and oxygen atoms in total. The first-order valence-corrected chi connectivity index (χ1v) is 11.5. The van der Waals surface area contributed by atoms with E-state index < -0.39 is 10.0 Å². The fraction of sp³-hybridized carbons (Fsp3) is 0.368. The molecule has 0 bridgehead atoms. The molecule has 1 saturated heterocycles. The zero-order valence-corrected chi connectivity index (χ0v) is 16.8. The Labute approximate surface area is 163 Å². The minimum Gasteiger partial charge on any atom is -0.276 e. The van der Waals surface area contributed by atoms with E-state index in [1.807, 2.05) is 6.20 Å². The molecule has 1 fully saturated rings. The van der Waals surface area contributed by atoms with Crippen molar-refractivity contribution < 1.29 is 8.42 Å². The minimum absolute atomic E-state index is 0.238. The molecular weight excluding hydrogens is 380 g/mol. The van der Waals surface area contributed by atoms with Gasteiger partial charge >= 0.3 is 0 Å². The van der Waals surface area contributed by atoms with Crippen LogP contribution in [0.1, 0.15) is 30.4 Å². The lowest BCUT2D eigenvalue weighted by atomic mass is 10.2. The third-order valence-corrected chi connectivity index (χ3v) is 7.72. The first kappa shape index (κ1) is 18.5. The average molecular weight is 403 g/mol. The maximum absolute atomic E-state index is 13.1. The van der Waals surface area contributed by atoms with Gasteiger partial charge in [0.2, 0.25) is 10.0 Å². The van der Waals surface area contributed by atoms with E-state index in [-0.39, 0.29) is 4.90 Å². The number of nitrogens with zero attached hydrogens (tertiary/aromatic N) is 4. The highest BCUT2D eigenvalue weighted by atomic mass is 32.2. The summed E-state index contributed by atoms with van der Waals surface area (Å²) in [7, 11) is -3.55. The van der Waals surface area contributed by atoms with Gasteiger partial charge in [0, 0.05) is 25.0 Å². The molecule has 2 aromatic heterocycles. The van der Waals surface area contributed by atoms with Gasteiger partial charge in [0.25, 0.3) is 0 Å². The second kappa shape index (κ2) is 7.61. The molecule has 0 amide bonds. The van der Waals surface area contributed by atoms with Gasteiger partial charge in [-0.2, -0.15) is 4.31 Å². The highest BCUT2D eigenvalue weighted by Crippen LogP contribution is 2.27. The number of hydrogen-bond acceptors (Lipinski definition) is 5. The van der Waals surface area contributed by atoms with Gasteiger partial charge in [-0.3, -0.25) is 4.40 Å². The van der Waals surface area contributed by atoms with Crippen molar-refractivity contribution in [3.05, 3.63) is 53.7 Å². The number of piperidine rings is 1. The van der Waals surface area contributed by atoms with Crippen LogP contribution in [-0.2, 0) is 15.8 Å². The summed E-state index contributed by atoms with van der Waals surface area (Å²) in [5, 5.41) is 9.13. The van der Waals surface area contributed by atoms with Crippen LogP contribution in [0.5, 0.6) is 0 Å². The number of sulfonamides is 1. The molecule has 0 atom stereocenters. The zero-order valence-electron chi connectivity index (χ0n) is 15.2. The van der Waals surface area contributed by atoms with E-state index in [0.29, 0.717) is 23.9 Å². The van der Waals surface area contributed by atoms with Gasteiger partial charge < -0.3 is 0 Å². The van der Waals surface area contributed by atoms with E-state index in [1.54, 1.807) is 32.6 Å². The third-order valence-electron chi connectivity index (χ3n) is 4.79. The lowest BCUT2D eigenvalue weighted by Gasteiger charge is -2.25. The molecule has 3 aromatic rings. The van der Waals surface area contributed by atoms with E-state index in [1.165, 1.54) is 11.1 Å². The molecule has 1 aliphatic heterocycles. The van der Waals surface area contributed by atoms with E-state index >= 15 is 0 Å². The summed E-state index contributed by atoms with van der Waals surface area (Å²) >= 11 is 1.55. The Hall–Kier alpha value is -1.90. The maximum atomic E-state index is 13.1. The monoisotopic (exact) mass is 402 g/mol. The number of rotatable bonds is 5. The highest BCUT2D eigenvalue weighted by molar-refractivity contribution is 7.98. The molecule has 0 spiro atoms. The Kier molecular flexibility index (Phi) is 5.21. The molecule has 1 aliphatic rings. The molecule has 0 saturated carbocycles. The maximum Gasteiger partial charge on any atom is 0.246 e. The van der Waals surface area contributed by atoms with Crippen molar-refractivity contribution in [2.75, 3.05) is 13.1 Å². The van der Waals surface area contributed by atoms with Gasteiger partial charge in [-0.15, -0.1) is 10.2 Å². The van der Waals surface area contributed by atoms with Crippen LogP contribution < -0.4 is 0 Å². The number of fused-ring (bicyclic) bond motifs is 1. The van der Waals surface area contributed by atoms with Gasteiger partial charge in [-0.25, -0.2) is 8.42 Å². The van der Waals surface area contributed by atoms with Crippen molar-refractivity contribution in [1.29, 1.82) is 0 Å². The van der Waals surface area contributed by atoms with Gasteiger partial charge in [0.05, 0.1) is 0 Å². The third kappa shape index (κ3) is 3.74. The van der Waals surface area contributed by atoms with Crippen molar-refractivity contribution in [2.24, 2.45) is 0 Å². The summed E-state index contributed by atoms with van der Waals surface area (Å²) in [6, 6.07) is 11.7. The molecule has 4 rings (SSSR count). The zero-order chi connectivity index (χ0) is 18.9. The molecule has 0 aliphatic carbocycles. The Balaban J connectivity index is 1.62. The highest BCUT2D eigenvalue weighted by Gasteiger charge is 2.29. The summed E-state index contributed by atoms with van der Waals surface area (Å²) < 4.78 is 29.5. The minimum atomic E-state index is -3.55. The predicted octanol–water partition coefficient (Wildman–Crippen LogP) is 3.50. The predicted molar refractivity (Wildman–Crippen MR) is 106 cm³/mol. The van der Waals surface area contributed by atoms with Gasteiger partial charge in [-0.1, -0.05) is 48.0 Å². The number of aryl methyl sites for hydroxylation is 1. The fourth-order valence-electron chi connectivity index (χ4n) is 3.25. The van der Waals surface area contributed by atoms with E-state index in [2.05, 4.69) is 41.4 Å². The number of aromatic nitrogens is 3. The largest absolute Gasteiger partial charge is 0.276 e. The number of thioether (sulfide) groups is 1. The summed E-state index contributed by atoms with van der Waals surface area (Å²) in [4.78, 5) is 0.238. The Morgan fingerprint density at radius 2 is 1.78 bits per heavy atom. The quantitative estimate of drug-likeness (QED) is 0.611. The van der Waals surface area contributed by atoms with Crippen LogP contribution in [0.2, 0.25) is 0 Å². The first-order chi connectivity index (χ1) is 13.1. The number of pyridine rings is 1. The smallest absolute Gasteiger partial charge is 0.246 e. The van der Waals surface area contributed by atoms with Crippen LogP contribution in [-0.4, -0.2) is 40.4 Å². The second-order valence-electron chi connectivity index (χ2n) is 6.79. The van der Waals surface area contributed by atoms with Crippen LogP contribution in [0, 0.1) is 6.92 Å². The normalized spacial score (nSPS) is 16.0. The number of benzene rings is 1. The second-order valence-corrected chi connectivity index (χ2v) is 9.64. The molecular formula is C19H22N4O2S2. The fourth-order valence-corrected chi connectivity index (χ4v) is 5.76. The Morgan fingerprint density at radius 3 is 2.52 bits per heavy atom. The van der Waals surface area contributed by atoms with E-state index in [4.69, 9.17) is 0 Å². The first-order valence-electron chi connectivity index (χ1n) is 9.08. The summed E-state index contributed by atoms with van der Waals surface area (Å²) in [6.07, 6.45) is 4.72. The molecule has 0 N–H and O–H groups in total. The van der Waals surface area contributed by atoms with E-state index in [9.17, 15) is 8.42 Å². The molecule has 3 heterocycles. The van der Waals surface area contributed by atoms with Crippen molar-refractivity contribution in [3.8, 4) is 0 Å². The average Bonchev–Trinajstić information content (AvgIpc) is 3.11. The van der Waals surface area contributed by atoms with Crippen LogP contribution >= 0.6 is 11.8 Å². The van der Waals surface area contributed by atoms with Gasteiger partial charge in [0.15, 0.2) is 10.8 Å². The molecule has 0 unspecified atom stereocenters. The van der Waals surface area contributed by atoms with Crippen LogP contribution in [0.3, 0.4) is 0 Å². The number of hydrogen-bond donors (Lipinski definition) is 0. The summed E-state index contributed by atoms with van der Waals surface area (Å²) in [6.45, 7) is 3.21. The van der Waals surface area contributed by atoms with Gasteiger partial charge in [0.1, 0.15) is 4.90 Å². The van der Waals surface area contributed by atoms with Crippen LogP contribution in [0.25, 0.3) is 5.65 Å². The summed E-state index contributed by atoms with van der Waals surface area (Å²) in [5.74, 6) is 0.754. The van der Waals surface area contributed by atoms with Crippen molar-refractivity contribution in [2.45, 2.75) is 42.0 Å². The van der Waals surface area contributed by atoms with Crippen molar-refractivity contribution in [1.82, 2.24) is 18.9 Å². The molecule has 27 heavy (non-hydrogen) atoms.